The molecule has 1 atom stereocenters. The highest BCUT2D eigenvalue weighted by molar-refractivity contribution is 7.07. The van der Waals surface area contributed by atoms with Crippen molar-refractivity contribution in [3.05, 3.63) is 97.2 Å². The summed E-state index contributed by atoms with van der Waals surface area (Å²) in [6.45, 7) is 11.5. The topological polar surface area (TPSA) is 88.4 Å². The van der Waals surface area contributed by atoms with E-state index in [1.165, 1.54) is 11.3 Å². The Balaban J connectivity index is 1.98. The quantitative estimate of drug-likeness (QED) is 0.279. The van der Waals surface area contributed by atoms with E-state index in [2.05, 4.69) is 11.6 Å². The Morgan fingerprint density at radius 1 is 1.18 bits per heavy atom. The van der Waals surface area contributed by atoms with Crippen molar-refractivity contribution in [2.75, 3.05) is 20.3 Å². The molecule has 3 aromatic rings. The van der Waals surface area contributed by atoms with Crippen LogP contribution in [-0.4, -0.2) is 37.0 Å². The second-order valence-corrected chi connectivity index (χ2v) is 9.99. The fourth-order valence-electron chi connectivity index (χ4n) is 4.40. The molecule has 0 radical (unpaired) electrons. The molecule has 0 saturated heterocycles. The van der Waals surface area contributed by atoms with E-state index in [9.17, 15) is 9.59 Å². The van der Waals surface area contributed by atoms with E-state index < -0.39 is 12.0 Å². The highest BCUT2D eigenvalue weighted by Gasteiger charge is 2.35. The number of methoxy groups -OCH3 is 1. The number of carbonyl (C=O) groups is 1. The van der Waals surface area contributed by atoms with Gasteiger partial charge < -0.3 is 18.9 Å². The van der Waals surface area contributed by atoms with E-state index in [0.717, 1.165) is 0 Å². The number of hydrogen-bond acceptors (Lipinski definition) is 8. The van der Waals surface area contributed by atoms with E-state index in [-0.39, 0.29) is 24.9 Å². The molecule has 1 aliphatic rings. The van der Waals surface area contributed by atoms with Gasteiger partial charge in [0.25, 0.3) is 5.56 Å². The number of allylic oxidation sites excluding steroid dienone is 1. The Kier molecular flexibility index (Phi) is 8.71. The van der Waals surface area contributed by atoms with Crippen LogP contribution >= 0.6 is 11.3 Å². The maximum absolute atomic E-state index is 14.0. The third kappa shape index (κ3) is 5.68. The molecular formula is C30H32N2O6S. The van der Waals surface area contributed by atoms with Crippen molar-refractivity contribution in [2.24, 2.45) is 4.99 Å². The predicted molar refractivity (Wildman–Crippen MR) is 151 cm³/mol. The molecule has 4 rings (SSSR count). The summed E-state index contributed by atoms with van der Waals surface area (Å²) in [5, 5.41) is 0. The molecule has 0 fully saturated rings. The smallest absolute Gasteiger partial charge is 0.338 e. The minimum Gasteiger partial charge on any atom is -0.493 e. The second-order valence-electron chi connectivity index (χ2n) is 8.99. The molecule has 0 aliphatic carbocycles. The molecule has 2 aromatic carbocycles. The van der Waals surface area contributed by atoms with Crippen LogP contribution in [0.1, 0.15) is 44.9 Å². The minimum atomic E-state index is -0.779. The monoisotopic (exact) mass is 548 g/mol. The van der Waals surface area contributed by atoms with Gasteiger partial charge in [0.15, 0.2) is 16.3 Å². The van der Waals surface area contributed by atoms with Crippen LogP contribution < -0.4 is 29.1 Å². The number of thiazole rings is 1. The highest BCUT2D eigenvalue weighted by atomic mass is 32.1. The first-order valence-corrected chi connectivity index (χ1v) is 13.5. The zero-order chi connectivity index (χ0) is 28.1. The normalized spacial score (nSPS) is 15.0. The van der Waals surface area contributed by atoms with Crippen LogP contribution in [0.3, 0.4) is 0 Å². The van der Waals surface area contributed by atoms with E-state index in [0.29, 0.717) is 49.0 Å². The summed E-state index contributed by atoms with van der Waals surface area (Å²) in [5.74, 6) is 1.10. The molecule has 0 N–H and O–H groups in total. The van der Waals surface area contributed by atoms with Crippen LogP contribution in [0.25, 0.3) is 6.08 Å². The van der Waals surface area contributed by atoms with Crippen LogP contribution in [0.4, 0.5) is 0 Å². The van der Waals surface area contributed by atoms with Crippen molar-refractivity contribution >= 4 is 23.4 Å². The fraction of sp³-hybridized carbons (Fsp3) is 0.300. The zero-order valence-corrected chi connectivity index (χ0v) is 23.5. The number of hydrogen-bond donors (Lipinski definition) is 0. The summed E-state index contributed by atoms with van der Waals surface area (Å²) in [4.78, 5) is 32.4. The molecule has 9 heteroatoms. The number of ether oxygens (including phenoxy) is 4. The van der Waals surface area contributed by atoms with Crippen LogP contribution in [0, 0.1) is 0 Å². The summed E-state index contributed by atoms with van der Waals surface area (Å²) >= 11 is 1.24. The van der Waals surface area contributed by atoms with Crippen LogP contribution in [0.5, 0.6) is 17.2 Å². The molecule has 8 nitrogen and oxygen atoms in total. The summed E-state index contributed by atoms with van der Waals surface area (Å²) in [6.07, 6.45) is 3.28. The van der Waals surface area contributed by atoms with Crippen LogP contribution in [0.15, 0.2) is 76.2 Å². The molecule has 0 bridgehead atoms. The molecule has 2 heterocycles. The first kappa shape index (κ1) is 27.9. The summed E-state index contributed by atoms with van der Waals surface area (Å²) in [7, 11) is 1.56. The van der Waals surface area contributed by atoms with Crippen molar-refractivity contribution in [3.8, 4) is 17.2 Å². The fourth-order valence-corrected chi connectivity index (χ4v) is 5.44. The van der Waals surface area contributed by atoms with Gasteiger partial charge in [-0.2, -0.15) is 0 Å². The van der Waals surface area contributed by atoms with Gasteiger partial charge in [-0.3, -0.25) is 9.36 Å². The Morgan fingerprint density at radius 2 is 1.92 bits per heavy atom. The van der Waals surface area contributed by atoms with Crippen molar-refractivity contribution in [1.82, 2.24) is 4.57 Å². The SMILES string of the molecule is C=CCOc1c(/C=c2\sc3n(c2=O)[C@@H](c2ccccc2OC(C)C)C(C(=O)OCC)=C(C)N=3)cccc1OC. The highest BCUT2D eigenvalue weighted by Crippen LogP contribution is 2.36. The molecule has 0 saturated carbocycles. The van der Waals surface area contributed by atoms with Crippen molar-refractivity contribution in [2.45, 2.75) is 39.8 Å². The Morgan fingerprint density at radius 3 is 2.62 bits per heavy atom. The van der Waals surface area contributed by atoms with Crippen molar-refractivity contribution < 1.29 is 23.7 Å². The van der Waals surface area contributed by atoms with Gasteiger partial charge in [0.05, 0.1) is 35.6 Å². The number of para-hydroxylation sites is 2. The summed E-state index contributed by atoms with van der Waals surface area (Å²) in [6, 6.07) is 12.1. The molecule has 0 unspecified atom stereocenters. The first-order valence-electron chi connectivity index (χ1n) is 12.7. The lowest BCUT2D eigenvalue weighted by molar-refractivity contribution is -0.139. The van der Waals surface area contributed by atoms with E-state index in [4.69, 9.17) is 18.9 Å². The van der Waals surface area contributed by atoms with Crippen LogP contribution in [-0.2, 0) is 9.53 Å². The molecule has 1 aliphatic heterocycles. The average Bonchev–Trinajstić information content (AvgIpc) is 3.21. The maximum atomic E-state index is 14.0. The molecular weight excluding hydrogens is 516 g/mol. The summed E-state index contributed by atoms with van der Waals surface area (Å²) in [5.41, 5.74) is 1.83. The lowest BCUT2D eigenvalue weighted by atomic mass is 9.95. The van der Waals surface area contributed by atoms with Gasteiger partial charge in [-0.05, 0) is 45.9 Å². The molecule has 204 valence electrons. The maximum Gasteiger partial charge on any atom is 0.338 e. The Bertz CT molecular complexity index is 1600. The lowest BCUT2D eigenvalue weighted by Gasteiger charge is -2.26. The van der Waals surface area contributed by atoms with E-state index in [1.807, 2.05) is 50.2 Å². The number of carbonyl (C=O) groups excluding carboxylic acids is 1. The molecule has 0 spiro atoms. The minimum absolute atomic E-state index is 0.111. The lowest BCUT2D eigenvalue weighted by Crippen LogP contribution is -2.40. The number of benzene rings is 2. The van der Waals surface area contributed by atoms with Gasteiger partial charge in [0, 0.05) is 11.1 Å². The second kappa shape index (κ2) is 12.2. The zero-order valence-electron chi connectivity index (χ0n) is 22.7. The number of rotatable bonds is 10. The van der Waals surface area contributed by atoms with Gasteiger partial charge in [-0.15, -0.1) is 0 Å². The number of fused-ring (bicyclic) bond motifs is 1. The number of esters is 1. The average molecular weight is 549 g/mol. The van der Waals surface area contributed by atoms with Gasteiger partial charge in [0.1, 0.15) is 18.4 Å². The van der Waals surface area contributed by atoms with E-state index >= 15 is 0 Å². The summed E-state index contributed by atoms with van der Waals surface area (Å²) < 4.78 is 24.8. The molecule has 0 amide bonds. The standard InChI is InChI=1S/C30H32N2O6S/c1-7-16-37-27-20(12-11-15-23(27)35-6)17-24-28(33)32-26(21-13-9-10-14-22(21)38-18(3)4)25(29(34)36-8-2)19(5)31-30(32)39-24/h7,9-15,17-18,26H,1,8,16H2,2-6H3/b24-17-/t26-/m0/s1. The third-order valence-electron chi connectivity index (χ3n) is 5.95. The first-order chi connectivity index (χ1) is 18.8. The van der Waals surface area contributed by atoms with Crippen molar-refractivity contribution in [3.63, 3.8) is 0 Å². The predicted octanol–water partition coefficient (Wildman–Crippen LogP) is 4.16. The Hall–Kier alpha value is -4.11. The van der Waals surface area contributed by atoms with E-state index in [1.54, 1.807) is 43.7 Å². The van der Waals surface area contributed by atoms with Gasteiger partial charge in [-0.1, -0.05) is 54.3 Å². The number of aromatic nitrogens is 1. The largest absolute Gasteiger partial charge is 0.493 e. The molecule has 1 aromatic heterocycles. The molecule has 39 heavy (non-hydrogen) atoms. The number of nitrogens with zero attached hydrogens (tertiary/aromatic N) is 2. The van der Waals surface area contributed by atoms with Crippen LogP contribution in [0.2, 0.25) is 0 Å². The van der Waals surface area contributed by atoms with Crippen molar-refractivity contribution in [1.29, 1.82) is 0 Å². The van der Waals surface area contributed by atoms with Gasteiger partial charge in [-0.25, -0.2) is 9.79 Å². The third-order valence-corrected chi connectivity index (χ3v) is 6.94. The van der Waals surface area contributed by atoms with Gasteiger partial charge in [0.2, 0.25) is 0 Å². The van der Waals surface area contributed by atoms with Gasteiger partial charge >= 0.3 is 5.97 Å². The Labute approximate surface area is 231 Å².